The van der Waals surface area contributed by atoms with Gasteiger partial charge in [0.15, 0.2) is 5.82 Å². The zero-order valence-corrected chi connectivity index (χ0v) is 11.8. The molecule has 9 heteroatoms. The standard InChI is InChI=1S/C11H14N4O4S/c1-7-14-11(15-19-7)6-13-20(16,17)10-4-3-8(12)5-9(10)18-2/h3-5,13H,6,12H2,1-2H3. The van der Waals surface area contributed by atoms with Gasteiger partial charge in [-0.05, 0) is 12.1 Å². The molecule has 0 radical (unpaired) electrons. The van der Waals surface area contributed by atoms with E-state index in [4.69, 9.17) is 15.0 Å². The van der Waals surface area contributed by atoms with Gasteiger partial charge in [0.2, 0.25) is 15.9 Å². The maximum Gasteiger partial charge on any atom is 0.244 e. The smallest absolute Gasteiger partial charge is 0.244 e. The van der Waals surface area contributed by atoms with Crippen molar-refractivity contribution < 1.29 is 17.7 Å². The van der Waals surface area contributed by atoms with E-state index in [1.165, 1.54) is 25.3 Å². The molecule has 0 spiro atoms. The molecular weight excluding hydrogens is 284 g/mol. The van der Waals surface area contributed by atoms with E-state index in [9.17, 15) is 8.42 Å². The van der Waals surface area contributed by atoms with Gasteiger partial charge in [0, 0.05) is 18.7 Å². The van der Waals surface area contributed by atoms with Crippen LogP contribution in [-0.4, -0.2) is 25.7 Å². The van der Waals surface area contributed by atoms with E-state index in [1.54, 1.807) is 6.92 Å². The molecule has 0 amide bonds. The Morgan fingerprint density at radius 3 is 2.80 bits per heavy atom. The van der Waals surface area contributed by atoms with Gasteiger partial charge in [-0.15, -0.1) is 0 Å². The van der Waals surface area contributed by atoms with Gasteiger partial charge in [0.1, 0.15) is 10.6 Å². The van der Waals surface area contributed by atoms with Crippen molar-refractivity contribution in [1.29, 1.82) is 0 Å². The molecule has 0 unspecified atom stereocenters. The summed E-state index contributed by atoms with van der Waals surface area (Å²) in [5.74, 6) is 0.784. The first-order valence-corrected chi connectivity index (χ1v) is 7.13. The van der Waals surface area contributed by atoms with Crippen LogP contribution in [0.3, 0.4) is 0 Å². The van der Waals surface area contributed by atoms with Crippen molar-refractivity contribution in [2.24, 2.45) is 0 Å². The van der Waals surface area contributed by atoms with Gasteiger partial charge in [0.25, 0.3) is 0 Å². The molecule has 108 valence electrons. The van der Waals surface area contributed by atoms with Gasteiger partial charge in [-0.1, -0.05) is 5.16 Å². The van der Waals surface area contributed by atoms with Crippen LogP contribution in [0.1, 0.15) is 11.7 Å². The number of hydrogen-bond donors (Lipinski definition) is 2. The molecule has 0 saturated carbocycles. The van der Waals surface area contributed by atoms with E-state index in [2.05, 4.69) is 14.9 Å². The normalized spacial score (nSPS) is 11.5. The van der Waals surface area contributed by atoms with Gasteiger partial charge in [-0.3, -0.25) is 0 Å². The molecule has 0 aliphatic heterocycles. The van der Waals surface area contributed by atoms with Crippen molar-refractivity contribution in [2.45, 2.75) is 18.4 Å². The number of benzene rings is 1. The minimum atomic E-state index is -3.76. The lowest BCUT2D eigenvalue weighted by Gasteiger charge is -2.10. The molecule has 20 heavy (non-hydrogen) atoms. The average molecular weight is 298 g/mol. The van der Waals surface area contributed by atoms with E-state index in [0.29, 0.717) is 11.6 Å². The van der Waals surface area contributed by atoms with E-state index < -0.39 is 10.0 Å². The number of anilines is 1. The van der Waals surface area contributed by atoms with Crippen molar-refractivity contribution >= 4 is 15.7 Å². The Morgan fingerprint density at radius 2 is 2.20 bits per heavy atom. The molecule has 0 aliphatic rings. The number of methoxy groups -OCH3 is 1. The second-order valence-corrected chi connectivity index (χ2v) is 5.70. The second-order valence-electron chi connectivity index (χ2n) is 3.96. The molecule has 0 fully saturated rings. The van der Waals surface area contributed by atoms with E-state index in [1.807, 2.05) is 0 Å². The number of sulfonamides is 1. The Kier molecular flexibility index (Phi) is 3.91. The molecule has 2 rings (SSSR count). The summed E-state index contributed by atoms with van der Waals surface area (Å²) in [4.78, 5) is 3.90. The second kappa shape index (κ2) is 5.47. The fraction of sp³-hybridized carbons (Fsp3) is 0.273. The SMILES string of the molecule is COc1cc(N)ccc1S(=O)(=O)NCc1noc(C)n1. The summed E-state index contributed by atoms with van der Waals surface area (Å²) >= 11 is 0. The molecule has 2 aromatic rings. The van der Waals surface area contributed by atoms with Crippen LogP contribution in [0.2, 0.25) is 0 Å². The van der Waals surface area contributed by atoms with Crippen LogP contribution < -0.4 is 15.2 Å². The van der Waals surface area contributed by atoms with Gasteiger partial charge < -0.3 is 15.0 Å². The topological polar surface area (TPSA) is 120 Å². The molecule has 1 aromatic carbocycles. The summed E-state index contributed by atoms with van der Waals surface area (Å²) in [6.07, 6.45) is 0. The maximum atomic E-state index is 12.2. The van der Waals surface area contributed by atoms with Crippen molar-refractivity contribution in [1.82, 2.24) is 14.9 Å². The lowest BCUT2D eigenvalue weighted by molar-refractivity contribution is 0.387. The summed E-state index contributed by atoms with van der Waals surface area (Å²) in [6, 6.07) is 4.29. The van der Waals surface area contributed by atoms with Crippen LogP contribution >= 0.6 is 0 Å². The third-order valence-corrected chi connectivity index (χ3v) is 3.91. The zero-order valence-electron chi connectivity index (χ0n) is 11.0. The van der Waals surface area contributed by atoms with Gasteiger partial charge in [0.05, 0.1) is 13.7 Å². The zero-order chi connectivity index (χ0) is 14.8. The molecule has 0 saturated heterocycles. The van der Waals surface area contributed by atoms with E-state index in [0.717, 1.165) is 0 Å². The highest BCUT2D eigenvalue weighted by Crippen LogP contribution is 2.25. The third kappa shape index (κ3) is 3.06. The van der Waals surface area contributed by atoms with Crippen LogP contribution in [0.25, 0.3) is 0 Å². The minimum absolute atomic E-state index is 0.00517. The first-order chi connectivity index (χ1) is 9.42. The Morgan fingerprint density at radius 1 is 1.45 bits per heavy atom. The van der Waals surface area contributed by atoms with Crippen LogP contribution in [-0.2, 0) is 16.6 Å². The fourth-order valence-electron chi connectivity index (χ4n) is 1.56. The molecule has 0 bridgehead atoms. The Balaban J connectivity index is 2.22. The highest BCUT2D eigenvalue weighted by atomic mass is 32.2. The predicted molar refractivity (Wildman–Crippen MR) is 70.5 cm³/mol. The quantitative estimate of drug-likeness (QED) is 0.768. The largest absolute Gasteiger partial charge is 0.495 e. The number of nitrogens with one attached hydrogen (secondary N) is 1. The van der Waals surface area contributed by atoms with Crippen molar-refractivity contribution in [2.75, 3.05) is 12.8 Å². The number of aromatic nitrogens is 2. The van der Waals surface area contributed by atoms with Crippen molar-refractivity contribution in [3.05, 3.63) is 29.9 Å². The summed E-state index contributed by atoms with van der Waals surface area (Å²) in [5.41, 5.74) is 6.00. The molecule has 3 N–H and O–H groups in total. The molecular formula is C11H14N4O4S. The predicted octanol–water partition coefficient (Wildman–Crippen LogP) is 0.447. The Bertz CT molecular complexity index is 711. The molecule has 1 aromatic heterocycles. The van der Waals surface area contributed by atoms with Crippen LogP contribution in [0.4, 0.5) is 5.69 Å². The highest BCUT2D eigenvalue weighted by molar-refractivity contribution is 7.89. The number of nitrogens with two attached hydrogens (primary N) is 1. The van der Waals surface area contributed by atoms with Crippen molar-refractivity contribution in [3.8, 4) is 5.75 Å². The highest BCUT2D eigenvalue weighted by Gasteiger charge is 2.20. The van der Waals surface area contributed by atoms with E-state index >= 15 is 0 Å². The third-order valence-electron chi connectivity index (χ3n) is 2.47. The van der Waals surface area contributed by atoms with E-state index in [-0.39, 0.29) is 23.0 Å². The molecule has 1 heterocycles. The average Bonchev–Trinajstić information content (AvgIpc) is 2.82. The lowest BCUT2D eigenvalue weighted by atomic mass is 10.3. The number of nitrogen functional groups attached to an aromatic ring is 1. The summed E-state index contributed by atoms with van der Waals surface area (Å²) in [5, 5.41) is 3.60. The Hall–Kier alpha value is -2.13. The van der Waals surface area contributed by atoms with Crippen LogP contribution in [0, 0.1) is 6.92 Å². The van der Waals surface area contributed by atoms with Crippen LogP contribution in [0.5, 0.6) is 5.75 Å². The number of aryl methyl sites for hydroxylation is 1. The molecule has 0 atom stereocenters. The van der Waals surface area contributed by atoms with Crippen LogP contribution in [0.15, 0.2) is 27.6 Å². The van der Waals surface area contributed by atoms with Gasteiger partial charge >= 0.3 is 0 Å². The number of rotatable bonds is 5. The lowest BCUT2D eigenvalue weighted by Crippen LogP contribution is -2.24. The minimum Gasteiger partial charge on any atom is -0.495 e. The fourth-order valence-corrected chi connectivity index (χ4v) is 2.69. The first kappa shape index (κ1) is 14.3. The summed E-state index contributed by atoms with van der Waals surface area (Å²) in [6.45, 7) is 1.54. The summed E-state index contributed by atoms with van der Waals surface area (Å²) in [7, 11) is -2.39. The molecule has 8 nitrogen and oxygen atoms in total. The first-order valence-electron chi connectivity index (χ1n) is 5.65. The van der Waals surface area contributed by atoms with Gasteiger partial charge in [-0.2, -0.15) is 4.98 Å². The number of ether oxygens (including phenoxy) is 1. The Labute approximate surface area is 116 Å². The number of hydrogen-bond acceptors (Lipinski definition) is 7. The molecule has 0 aliphatic carbocycles. The van der Waals surface area contributed by atoms with Gasteiger partial charge in [-0.25, -0.2) is 13.1 Å². The summed E-state index contributed by atoms with van der Waals surface area (Å²) < 4.78 is 36.5. The number of nitrogens with zero attached hydrogens (tertiary/aromatic N) is 2. The van der Waals surface area contributed by atoms with Crippen molar-refractivity contribution in [3.63, 3.8) is 0 Å². The monoisotopic (exact) mass is 298 g/mol. The maximum absolute atomic E-state index is 12.2.